The van der Waals surface area contributed by atoms with Gasteiger partial charge >= 0.3 is 5.97 Å². The third-order valence-corrected chi connectivity index (χ3v) is 5.49. The summed E-state index contributed by atoms with van der Waals surface area (Å²) in [5.74, 6) is 0.122. The summed E-state index contributed by atoms with van der Waals surface area (Å²) in [6, 6.07) is 5.22. The van der Waals surface area contributed by atoms with Crippen molar-refractivity contribution in [2.75, 3.05) is 24.5 Å². The fraction of sp³-hybridized carbons (Fsp3) is 0.400. The second-order valence-electron chi connectivity index (χ2n) is 7.12. The van der Waals surface area contributed by atoms with Crippen LogP contribution in [0.5, 0.6) is 0 Å². The molecule has 7 nitrogen and oxygen atoms in total. The molecule has 3 heterocycles. The number of hydrogen-bond acceptors (Lipinski definition) is 5. The number of anilines is 1. The molecule has 7 heteroatoms. The highest BCUT2D eigenvalue weighted by Gasteiger charge is 2.31. The lowest BCUT2D eigenvalue weighted by Gasteiger charge is -2.36. The summed E-state index contributed by atoms with van der Waals surface area (Å²) >= 11 is 0. The van der Waals surface area contributed by atoms with Crippen LogP contribution in [0.2, 0.25) is 0 Å². The van der Waals surface area contributed by atoms with Gasteiger partial charge in [0.2, 0.25) is 5.91 Å². The fourth-order valence-corrected chi connectivity index (χ4v) is 3.95. The van der Waals surface area contributed by atoms with E-state index >= 15 is 0 Å². The minimum Gasteiger partial charge on any atom is -0.478 e. The van der Waals surface area contributed by atoms with Gasteiger partial charge in [0.25, 0.3) is 0 Å². The average Bonchev–Trinajstić information content (AvgIpc) is 2.73. The van der Waals surface area contributed by atoms with Crippen LogP contribution < -0.4 is 4.90 Å². The molecule has 0 radical (unpaired) electrons. The molecule has 2 aliphatic heterocycles. The number of carboxylic acids is 1. The highest BCUT2D eigenvalue weighted by molar-refractivity contribution is 5.88. The molecule has 140 valence electrons. The highest BCUT2D eigenvalue weighted by atomic mass is 16.4. The molecule has 0 bridgehead atoms. The van der Waals surface area contributed by atoms with Gasteiger partial charge in [0.1, 0.15) is 5.82 Å². The van der Waals surface area contributed by atoms with Gasteiger partial charge in [-0.25, -0.2) is 9.78 Å². The lowest BCUT2D eigenvalue weighted by atomic mass is 9.92. The molecule has 1 saturated heterocycles. The molecule has 27 heavy (non-hydrogen) atoms. The second kappa shape index (κ2) is 7.34. The second-order valence-corrected chi connectivity index (χ2v) is 7.12. The molecule has 2 aliphatic rings. The van der Waals surface area contributed by atoms with Crippen molar-refractivity contribution in [1.82, 2.24) is 14.9 Å². The van der Waals surface area contributed by atoms with E-state index in [2.05, 4.69) is 14.9 Å². The molecular formula is C20H22N4O3. The molecule has 4 rings (SSSR count). The van der Waals surface area contributed by atoms with Crippen molar-refractivity contribution in [3.8, 4) is 0 Å². The van der Waals surface area contributed by atoms with Crippen molar-refractivity contribution in [3.05, 3.63) is 53.5 Å². The van der Waals surface area contributed by atoms with Crippen molar-refractivity contribution >= 4 is 17.7 Å². The molecule has 0 unspecified atom stereocenters. The standard InChI is InChI=1S/C20H22N4O3/c25-19(15-4-8-23(9-5-15)18-12-21-6-7-22-18)24-10-3-14-1-2-16(20(26)27)11-17(14)13-24/h1-2,6-7,11-12,15H,3-5,8-10,13H2,(H,26,27). The van der Waals surface area contributed by atoms with Gasteiger partial charge in [-0.15, -0.1) is 0 Å². The van der Waals surface area contributed by atoms with Crippen LogP contribution in [0.4, 0.5) is 5.82 Å². The summed E-state index contributed by atoms with van der Waals surface area (Å²) in [4.78, 5) is 36.7. The van der Waals surface area contributed by atoms with Crippen LogP contribution >= 0.6 is 0 Å². The average molecular weight is 366 g/mol. The number of carbonyl (C=O) groups excluding carboxylic acids is 1. The van der Waals surface area contributed by atoms with Crippen LogP contribution in [0.25, 0.3) is 0 Å². The number of aromatic nitrogens is 2. The minimum atomic E-state index is -0.933. The van der Waals surface area contributed by atoms with Gasteiger partial charge in [-0.3, -0.25) is 9.78 Å². The van der Waals surface area contributed by atoms with Crippen LogP contribution in [-0.4, -0.2) is 51.5 Å². The van der Waals surface area contributed by atoms with Crippen LogP contribution in [0.3, 0.4) is 0 Å². The van der Waals surface area contributed by atoms with Crippen molar-refractivity contribution in [1.29, 1.82) is 0 Å². The highest BCUT2D eigenvalue weighted by Crippen LogP contribution is 2.26. The van der Waals surface area contributed by atoms with E-state index in [0.717, 1.165) is 49.3 Å². The van der Waals surface area contributed by atoms with Crippen molar-refractivity contribution in [2.24, 2.45) is 5.92 Å². The van der Waals surface area contributed by atoms with Crippen LogP contribution in [0, 0.1) is 5.92 Å². The molecule has 0 aliphatic carbocycles. The van der Waals surface area contributed by atoms with E-state index in [4.69, 9.17) is 0 Å². The Labute approximate surface area is 157 Å². The summed E-state index contributed by atoms with van der Waals surface area (Å²) in [5, 5.41) is 9.19. The van der Waals surface area contributed by atoms with Gasteiger partial charge in [-0.05, 0) is 42.5 Å². The third kappa shape index (κ3) is 3.63. The Bertz CT molecular complexity index is 848. The normalized spacial score (nSPS) is 17.5. The van der Waals surface area contributed by atoms with Gasteiger partial charge < -0.3 is 14.9 Å². The topological polar surface area (TPSA) is 86.6 Å². The number of nitrogens with zero attached hydrogens (tertiary/aromatic N) is 4. The minimum absolute atomic E-state index is 0.0159. The van der Waals surface area contributed by atoms with Crippen LogP contribution in [0.15, 0.2) is 36.8 Å². The smallest absolute Gasteiger partial charge is 0.335 e. The molecule has 0 atom stereocenters. The number of amides is 1. The number of benzene rings is 1. The predicted molar refractivity (Wildman–Crippen MR) is 99.5 cm³/mol. The Balaban J connectivity index is 1.39. The number of piperidine rings is 1. The summed E-state index contributed by atoms with van der Waals surface area (Å²) in [7, 11) is 0. The van der Waals surface area contributed by atoms with Crippen LogP contribution in [0.1, 0.15) is 34.3 Å². The molecule has 1 aromatic heterocycles. The van der Waals surface area contributed by atoms with E-state index < -0.39 is 5.97 Å². The third-order valence-electron chi connectivity index (χ3n) is 5.49. The van der Waals surface area contributed by atoms with Gasteiger partial charge in [0, 0.05) is 44.5 Å². The van der Waals surface area contributed by atoms with Crippen LogP contribution in [-0.2, 0) is 17.8 Å². The van der Waals surface area contributed by atoms with Gasteiger partial charge in [0.05, 0.1) is 11.8 Å². The van der Waals surface area contributed by atoms with Gasteiger partial charge in [-0.1, -0.05) is 6.07 Å². The first-order valence-electron chi connectivity index (χ1n) is 9.26. The predicted octanol–water partition coefficient (Wildman–Crippen LogP) is 1.98. The molecule has 0 saturated carbocycles. The Morgan fingerprint density at radius 2 is 1.89 bits per heavy atom. The summed E-state index contributed by atoms with van der Waals surface area (Å²) in [6.45, 7) is 2.79. The monoisotopic (exact) mass is 366 g/mol. The maximum atomic E-state index is 13.0. The first-order chi connectivity index (χ1) is 13.1. The molecule has 0 spiro atoms. The Morgan fingerprint density at radius 3 is 2.59 bits per heavy atom. The van der Waals surface area contributed by atoms with E-state index in [9.17, 15) is 14.7 Å². The summed E-state index contributed by atoms with van der Waals surface area (Å²) in [6.07, 6.45) is 7.47. The number of carbonyl (C=O) groups is 2. The molecule has 1 aromatic carbocycles. The van der Waals surface area contributed by atoms with Crippen molar-refractivity contribution < 1.29 is 14.7 Å². The lowest BCUT2D eigenvalue weighted by Crippen LogP contribution is -2.44. The molecule has 2 aromatic rings. The van der Waals surface area contributed by atoms with Crippen molar-refractivity contribution in [3.63, 3.8) is 0 Å². The number of rotatable bonds is 3. The largest absolute Gasteiger partial charge is 0.478 e. The number of hydrogen-bond donors (Lipinski definition) is 1. The SMILES string of the molecule is O=C(O)c1ccc2c(c1)CN(C(=O)C1CCN(c3cnccn3)CC1)CC2. The zero-order valence-corrected chi connectivity index (χ0v) is 15.0. The zero-order chi connectivity index (χ0) is 18.8. The fourth-order valence-electron chi connectivity index (χ4n) is 3.95. The maximum absolute atomic E-state index is 13.0. The lowest BCUT2D eigenvalue weighted by molar-refractivity contribution is -0.137. The van der Waals surface area contributed by atoms with Crippen molar-refractivity contribution in [2.45, 2.75) is 25.8 Å². The van der Waals surface area contributed by atoms with E-state index in [1.165, 1.54) is 0 Å². The Morgan fingerprint density at radius 1 is 1.07 bits per heavy atom. The zero-order valence-electron chi connectivity index (χ0n) is 15.0. The number of fused-ring (bicyclic) bond motifs is 1. The quantitative estimate of drug-likeness (QED) is 0.894. The Kier molecular flexibility index (Phi) is 4.75. The van der Waals surface area contributed by atoms with E-state index in [0.29, 0.717) is 13.1 Å². The number of aromatic carboxylic acids is 1. The van der Waals surface area contributed by atoms with Gasteiger partial charge in [0.15, 0.2) is 0 Å². The molecular weight excluding hydrogens is 344 g/mol. The molecule has 1 fully saturated rings. The summed E-state index contributed by atoms with van der Waals surface area (Å²) in [5.41, 5.74) is 2.37. The van der Waals surface area contributed by atoms with E-state index in [1.54, 1.807) is 30.7 Å². The Hall–Kier alpha value is -2.96. The molecule has 1 amide bonds. The van der Waals surface area contributed by atoms with E-state index in [-0.39, 0.29) is 17.4 Å². The number of carboxylic acid groups (broad SMARTS) is 1. The maximum Gasteiger partial charge on any atom is 0.335 e. The molecule has 1 N–H and O–H groups in total. The van der Waals surface area contributed by atoms with E-state index in [1.807, 2.05) is 11.0 Å². The first-order valence-corrected chi connectivity index (χ1v) is 9.26. The first kappa shape index (κ1) is 17.5. The van der Waals surface area contributed by atoms with Gasteiger partial charge in [-0.2, -0.15) is 0 Å². The summed E-state index contributed by atoms with van der Waals surface area (Å²) < 4.78 is 0.